The van der Waals surface area contributed by atoms with Crippen LogP contribution in [0.1, 0.15) is 21.9 Å². The van der Waals surface area contributed by atoms with Gasteiger partial charge in [0.2, 0.25) is 0 Å². The first-order chi connectivity index (χ1) is 5.69. The van der Waals surface area contributed by atoms with Crippen molar-refractivity contribution in [2.75, 3.05) is 7.11 Å². The van der Waals surface area contributed by atoms with E-state index in [0.717, 1.165) is 0 Å². The molecule has 2 N–H and O–H groups in total. The number of carbonyl (C=O) groups is 1. The van der Waals surface area contributed by atoms with E-state index in [4.69, 9.17) is 10.2 Å². The highest BCUT2D eigenvalue weighted by molar-refractivity contribution is 5.90. The summed E-state index contributed by atoms with van der Waals surface area (Å²) in [5, 5.41) is 0. The minimum absolute atomic E-state index is 0. The lowest BCUT2D eigenvalue weighted by Crippen LogP contribution is -2.00. The van der Waals surface area contributed by atoms with Gasteiger partial charge in [-0.05, 0) is 13.0 Å². The summed E-state index contributed by atoms with van der Waals surface area (Å²) in [5.41, 5.74) is 5.77. The van der Waals surface area contributed by atoms with Gasteiger partial charge in [-0.1, -0.05) is 0 Å². The summed E-state index contributed by atoms with van der Waals surface area (Å²) < 4.78 is 9.70. The van der Waals surface area contributed by atoms with E-state index in [0.29, 0.717) is 17.1 Å². The van der Waals surface area contributed by atoms with Crippen molar-refractivity contribution in [3.63, 3.8) is 0 Å². The largest absolute Gasteiger partial charge is 0.465 e. The zero-order valence-electron chi connectivity index (χ0n) is 7.49. The lowest BCUT2D eigenvalue weighted by molar-refractivity contribution is 0.0599. The van der Waals surface area contributed by atoms with Crippen LogP contribution in [0.25, 0.3) is 0 Å². The summed E-state index contributed by atoms with van der Waals surface area (Å²) in [5.74, 6) is 0.742. The van der Waals surface area contributed by atoms with Gasteiger partial charge in [0.05, 0.1) is 13.7 Å². The van der Waals surface area contributed by atoms with E-state index in [-0.39, 0.29) is 19.0 Å². The van der Waals surface area contributed by atoms with Crippen LogP contribution < -0.4 is 5.73 Å². The quantitative estimate of drug-likeness (QED) is 0.739. The van der Waals surface area contributed by atoms with E-state index in [9.17, 15) is 4.79 Å². The summed E-state index contributed by atoms with van der Waals surface area (Å²) in [6.45, 7) is 1.99. The van der Waals surface area contributed by atoms with Crippen molar-refractivity contribution < 1.29 is 13.9 Å². The molecule has 74 valence electrons. The number of esters is 1. The van der Waals surface area contributed by atoms with Crippen LogP contribution in [0.3, 0.4) is 0 Å². The first-order valence-corrected chi connectivity index (χ1v) is 3.56. The van der Waals surface area contributed by atoms with Crippen LogP contribution in [0, 0.1) is 6.92 Å². The Morgan fingerprint density at radius 3 is 2.69 bits per heavy atom. The molecule has 0 aliphatic carbocycles. The molecule has 0 saturated carbocycles. The number of nitrogens with two attached hydrogens (primary N) is 1. The lowest BCUT2D eigenvalue weighted by atomic mass is 10.2. The van der Waals surface area contributed by atoms with Crippen LogP contribution in [-0.4, -0.2) is 13.1 Å². The topological polar surface area (TPSA) is 65.5 Å². The maximum Gasteiger partial charge on any atom is 0.341 e. The van der Waals surface area contributed by atoms with Gasteiger partial charge < -0.3 is 14.9 Å². The van der Waals surface area contributed by atoms with Crippen LogP contribution in [0.5, 0.6) is 0 Å². The number of furan rings is 1. The Bertz CT molecular complexity index is 296. The highest BCUT2D eigenvalue weighted by atomic mass is 35.5. The van der Waals surface area contributed by atoms with Crippen LogP contribution in [-0.2, 0) is 11.3 Å². The van der Waals surface area contributed by atoms with Crippen molar-refractivity contribution in [2.24, 2.45) is 5.73 Å². The average molecular weight is 206 g/mol. The van der Waals surface area contributed by atoms with Gasteiger partial charge in [0.15, 0.2) is 0 Å². The second-order valence-electron chi connectivity index (χ2n) is 2.38. The Balaban J connectivity index is 0.00000144. The molecule has 1 aromatic rings. The highest BCUT2D eigenvalue weighted by Gasteiger charge is 2.13. The summed E-state index contributed by atoms with van der Waals surface area (Å²) in [4.78, 5) is 11.0. The predicted octanol–water partition coefficient (Wildman–Crippen LogP) is 1.26. The maximum atomic E-state index is 11.0. The fourth-order valence-electron chi connectivity index (χ4n) is 0.957. The highest BCUT2D eigenvalue weighted by Crippen LogP contribution is 2.14. The Morgan fingerprint density at radius 2 is 2.31 bits per heavy atom. The van der Waals surface area contributed by atoms with Crippen molar-refractivity contribution in [1.29, 1.82) is 0 Å². The van der Waals surface area contributed by atoms with E-state index in [2.05, 4.69) is 4.74 Å². The summed E-state index contributed by atoms with van der Waals surface area (Å²) in [6, 6.07) is 1.60. The van der Waals surface area contributed by atoms with E-state index >= 15 is 0 Å². The number of ether oxygens (including phenoxy) is 1. The average Bonchev–Trinajstić information content (AvgIpc) is 2.45. The standard InChI is InChI=1S/C8H11NO3.ClH/c1-5-7(8(10)11-2)3-6(4-9)12-5;/h3H,4,9H2,1-2H3;1H. The van der Waals surface area contributed by atoms with Gasteiger partial charge >= 0.3 is 5.97 Å². The first kappa shape index (κ1) is 12.0. The second kappa shape index (κ2) is 4.89. The number of rotatable bonds is 2. The molecule has 0 fully saturated rings. The number of carbonyl (C=O) groups excluding carboxylic acids is 1. The molecular formula is C8H12ClNO3. The number of methoxy groups -OCH3 is 1. The molecule has 0 atom stereocenters. The van der Waals surface area contributed by atoms with Crippen LogP contribution in [0.2, 0.25) is 0 Å². The molecule has 13 heavy (non-hydrogen) atoms. The predicted molar refractivity (Wildman–Crippen MR) is 49.9 cm³/mol. The number of aryl methyl sites for hydroxylation is 1. The maximum absolute atomic E-state index is 11.0. The zero-order valence-corrected chi connectivity index (χ0v) is 8.31. The lowest BCUT2D eigenvalue weighted by Gasteiger charge is -1.93. The summed E-state index contributed by atoms with van der Waals surface area (Å²) in [7, 11) is 1.33. The minimum atomic E-state index is -0.393. The van der Waals surface area contributed by atoms with Gasteiger partial charge in [-0.15, -0.1) is 12.4 Å². The van der Waals surface area contributed by atoms with Crippen molar-refractivity contribution in [3.05, 3.63) is 23.2 Å². The second-order valence-corrected chi connectivity index (χ2v) is 2.38. The van der Waals surface area contributed by atoms with Crippen LogP contribution in [0.15, 0.2) is 10.5 Å². The van der Waals surface area contributed by atoms with Gasteiger partial charge in [0.1, 0.15) is 17.1 Å². The molecule has 1 heterocycles. The fraction of sp³-hybridized carbons (Fsp3) is 0.375. The van der Waals surface area contributed by atoms with Crippen molar-refractivity contribution in [2.45, 2.75) is 13.5 Å². The minimum Gasteiger partial charge on any atom is -0.465 e. The molecule has 0 bridgehead atoms. The van der Waals surface area contributed by atoms with E-state index in [1.54, 1.807) is 13.0 Å². The molecule has 0 aliphatic heterocycles. The molecular weight excluding hydrogens is 194 g/mol. The SMILES string of the molecule is COC(=O)c1cc(CN)oc1C.Cl. The fourth-order valence-corrected chi connectivity index (χ4v) is 0.957. The molecule has 0 spiro atoms. The summed E-state index contributed by atoms with van der Waals surface area (Å²) >= 11 is 0. The molecule has 0 amide bonds. The number of hydrogen-bond acceptors (Lipinski definition) is 4. The van der Waals surface area contributed by atoms with Crippen molar-refractivity contribution in [3.8, 4) is 0 Å². The molecule has 0 aliphatic rings. The van der Waals surface area contributed by atoms with Gasteiger partial charge in [-0.25, -0.2) is 4.79 Å². The van der Waals surface area contributed by atoms with Gasteiger partial charge in [-0.3, -0.25) is 0 Å². The van der Waals surface area contributed by atoms with E-state index in [1.807, 2.05) is 0 Å². The third kappa shape index (κ3) is 2.47. The summed E-state index contributed by atoms with van der Waals surface area (Å²) in [6.07, 6.45) is 0. The van der Waals surface area contributed by atoms with E-state index < -0.39 is 5.97 Å². The monoisotopic (exact) mass is 205 g/mol. The van der Waals surface area contributed by atoms with Crippen molar-refractivity contribution >= 4 is 18.4 Å². The molecule has 4 nitrogen and oxygen atoms in total. The van der Waals surface area contributed by atoms with Crippen molar-refractivity contribution in [1.82, 2.24) is 0 Å². The molecule has 0 radical (unpaired) electrons. The van der Waals surface area contributed by atoms with Gasteiger partial charge in [0, 0.05) is 0 Å². The third-order valence-electron chi connectivity index (χ3n) is 1.58. The van der Waals surface area contributed by atoms with E-state index in [1.165, 1.54) is 7.11 Å². The molecule has 0 saturated heterocycles. The molecule has 5 heteroatoms. The Morgan fingerprint density at radius 1 is 1.69 bits per heavy atom. The third-order valence-corrected chi connectivity index (χ3v) is 1.58. The molecule has 1 rings (SSSR count). The van der Waals surface area contributed by atoms with Crippen LogP contribution in [0.4, 0.5) is 0 Å². The molecule has 0 aromatic carbocycles. The van der Waals surface area contributed by atoms with Crippen LogP contribution >= 0.6 is 12.4 Å². The normalized spacial score (nSPS) is 9.15. The smallest absolute Gasteiger partial charge is 0.341 e. The Hall–Kier alpha value is -1.00. The Kier molecular flexibility index (Phi) is 4.51. The Labute approximate surface area is 82.5 Å². The number of hydrogen-bond donors (Lipinski definition) is 1. The molecule has 1 aromatic heterocycles. The van der Waals surface area contributed by atoms with Gasteiger partial charge in [-0.2, -0.15) is 0 Å². The number of halogens is 1. The molecule has 0 unspecified atom stereocenters. The first-order valence-electron chi connectivity index (χ1n) is 3.56. The zero-order chi connectivity index (χ0) is 9.14. The van der Waals surface area contributed by atoms with Gasteiger partial charge in [0.25, 0.3) is 0 Å².